The van der Waals surface area contributed by atoms with E-state index in [4.69, 9.17) is 4.74 Å². The van der Waals surface area contributed by atoms with Crippen molar-refractivity contribution >= 4 is 27.5 Å². The molecule has 2 amide bonds. The van der Waals surface area contributed by atoms with Gasteiger partial charge in [-0.25, -0.2) is 8.42 Å². The lowest BCUT2D eigenvalue weighted by molar-refractivity contribution is -0.131. The van der Waals surface area contributed by atoms with Crippen LogP contribution in [0.2, 0.25) is 0 Å². The van der Waals surface area contributed by atoms with Crippen LogP contribution in [0.1, 0.15) is 36.0 Å². The first kappa shape index (κ1) is 27.7. The van der Waals surface area contributed by atoms with Crippen molar-refractivity contribution < 1.29 is 22.7 Å². The molecule has 5 rings (SSSR count). The zero-order chi connectivity index (χ0) is 28.0. The number of rotatable bonds is 9. The molecule has 0 radical (unpaired) electrons. The second kappa shape index (κ2) is 12.5. The van der Waals surface area contributed by atoms with Crippen molar-refractivity contribution in [2.75, 3.05) is 37.4 Å². The highest BCUT2D eigenvalue weighted by molar-refractivity contribution is 7.92. The van der Waals surface area contributed by atoms with E-state index < -0.39 is 15.9 Å². The van der Waals surface area contributed by atoms with E-state index in [1.807, 2.05) is 23.1 Å². The molecule has 40 heavy (non-hydrogen) atoms. The Morgan fingerprint density at radius 3 is 2.17 bits per heavy atom. The molecule has 2 fully saturated rings. The van der Waals surface area contributed by atoms with E-state index in [-0.39, 0.29) is 28.6 Å². The number of ether oxygens (including phenoxy) is 1. The Hall–Kier alpha value is -3.89. The minimum Gasteiger partial charge on any atom is -0.455 e. The fourth-order valence-corrected chi connectivity index (χ4v) is 6.27. The number of para-hydroxylation sites is 3. The summed E-state index contributed by atoms with van der Waals surface area (Å²) in [6.45, 7) is 3.62. The SMILES string of the molecule is O=C(NCC(=O)N1CCC(N2CCCC2)CC1)c1ccc(S(=O)(=O)Nc2ccccc2Oc2ccccc2)cc1. The largest absolute Gasteiger partial charge is 0.455 e. The Kier molecular flexibility index (Phi) is 8.66. The Morgan fingerprint density at radius 2 is 1.48 bits per heavy atom. The highest BCUT2D eigenvalue weighted by atomic mass is 32.2. The maximum absolute atomic E-state index is 13.1. The Labute approximate surface area is 235 Å². The lowest BCUT2D eigenvalue weighted by Gasteiger charge is -2.36. The predicted octanol–water partition coefficient (Wildman–Crippen LogP) is 4.10. The molecule has 10 heteroatoms. The average Bonchev–Trinajstić information content (AvgIpc) is 3.53. The van der Waals surface area contributed by atoms with Crippen LogP contribution in [-0.4, -0.2) is 68.8 Å². The van der Waals surface area contributed by atoms with Gasteiger partial charge in [0.25, 0.3) is 15.9 Å². The molecular formula is C30H34N4O5S. The normalized spacial score (nSPS) is 16.4. The summed E-state index contributed by atoms with van der Waals surface area (Å²) in [6, 6.07) is 22.0. The third kappa shape index (κ3) is 6.81. The minimum atomic E-state index is -3.95. The molecule has 0 saturated carbocycles. The summed E-state index contributed by atoms with van der Waals surface area (Å²) in [5.41, 5.74) is 0.559. The molecule has 0 bridgehead atoms. The van der Waals surface area contributed by atoms with Gasteiger partial charge in [-0.15, -0.1) is 0 Å². The first-order valence-electron chi connectivity index (χ1n) is 13.6. The standard InChI is InChI=1S/C30H34N4O5S/c35-29(34-20-16-24(17-21-34)33-18-6-7-19-33)22-31-30(36)23-12-14-26(15-13-23)40(37,38)32-27-10-4-5-11-28(27)39-25-8-2-1-3-9-25/h1-5,8-15,24,32H,6-7,16-22H2,(H,31,36). The van der Waals surface area contributed by atoms with Gasteiger partial charge in [-0.3, -0.25) is 14.3 Å². The number of hydrogen-bond donors (Lipinski definition) is 2. The topological polar surface area (TPSA) is 108 Å². The zero-order valence-electron chi connectivity index (χ0n) is 22.3. The van der Waals surface area contributed by atoms with Crippen molar-refractivity contribution in [3.05, 3.63) is 84.4 Å². The van der Waals surface area contributed by atoms with Crippen LogP contribution in [0.3, 0.4) is 0 Å². The maximum Gasteiger partial charge on any atom is 0.262 e. The third-order valence-electron chi connectivity index (χ3n) is 7.40. The Bertz CT molecular complexity index is 1420. The van der Waals surface area contributed by atoms with Crippen LogP contribution in [0.4, 0.5) is 5.69 Å². The number of benzene rings is 3. The second-order valence-electron chi connectivity index (χ2n) is 10.1. The van der Waals surface area contributed by atoms with Crippen molar-refractivity contribution in [1.29, 1.82) is 0 Å². The van der Waals surface area contributed by atoms with E-state index in [1.165, 1.54) is 37.1 Å². The lowest BCUT2D eigenvalue weighted by atomic mass is 10.0. The van der Waals surface area contributed by atoms with Crippen molar-refractivity contribution in [3.63, 3.8) is 0 Å². The summed E-state index contributed by atoms with van der Waals surface area (Å²) in [7, 11) is -3.95. The highest BCUT2D eigenvalue weighted by Gasteiger charge is 2.28. The van der Waals surface area contributed by atoms with E-state index >= 15 is 0 Å². The number of piperidine rings is 1. The fourth-order valence-electron chi connectivity index (χ4n) is 5.20. The minimum absolute atomic E-state index is 0.00415. The molecule has 2 aliphatic rings. The highest BCUT2D eigenvalue weighted by Crippen LogP contribution is 2.31. The lowest BCUT2D eigenvalue weighted by Crippen LogP contribution is -2.48. The van der Waals surface area contributed by atoms with Crippen LogP contribution in [-0.2, 0) is 14.8 Å². The molecule has 2 aliphatic heterocycles. The number of anilines is 1. The molecule has 3 aromatic carbocycles. The van der Waals surface area contributed by atoms with Crippen LogP contribution in [0.25, 0.3) is 0 Å². The van der Waals surface area contributed by atoms with Gasteiger partial charge in [0.2, 0.25) is 5.91 Å². The summed E-state index contributed by atoms with van der Waals surface area (Å²) < 4.78 is 34.5. The number of carbonyl (C=O) groups is 2. The molecule has 0 spiro atoms. The van der Waals surface area contributed by atoms with E-state index in [1.54, 1.807) is 36.4 Å². The summed E-state index contributed by atoms with van der Waals surface area (Å²) in [5, 5.41) is 2.67. The van der Waals surface area contributed by atoms with E-state index in [0.29, 0.717) is 30.6 Å². The van der Waals surface area contributed by atoms with Crippen molar-refractivity contribution in [1.82, 2.24) is 15.1 Å². The summed E-state index contributed by atoms with van der Waals surface area (Å²) in [6.07, 6.45) is 4.44. The molecule has 2 heterocycles. The number of amides is 2. The number of carbonyl (C=O) groups excluding carboxylic acids is 2. The average molecular weight is 563 g/mol. The van der Waals surface area contributed by atoms with Gasteiger partial charge in [0.05, 0.1) is 17.1 Å². The smallest absolute Gasteiger partial charge is 0.262 e. The van der Waals surface area contributed by atoms with Gasteiger partial charge >= 0.3 is 0 Å². The number of nitrogens with one attached hydrogen (secondary N) is 2. The van der Waals surface area contributed by atoms with Gasteiger partial charge < -0.3 is 19.9 Å². The summed E-state index contributed by atoms with van der Waals surface area (Å²) >= 11 is 0. The summed E-state index contributed by atoms with van der Waals surface area (Å²) in [4.78, 5) is 29.7. The van der Waals surface area contributed by atoms with Crippen molar-refractivity contribution in [2.24, 2.45) is 0 Å². The maximum atomic E-state index is 13.1. The van der Waals surface area contributed by atoms with E-state index in [2.05, 4.69) is 14.9 Å². The summed E-state index contributed by atoms with van der Waals surface area (Å²) in [5.74, 6) is 0.402. The van der Waals surface area contributed by atoms with Gasteiger partial charge in [-0.05, 0) is 87.3 Å². The van der Waals surface area contributed by atoms with E-state index in [0.717, 1.165) is 25.9 Å². The van der Waals surface area contributed by atoms with Gasteiger partial charge in [0, 0.05) is 24.7 Å². The molecule has 0 atom stereocenters. The quantitative estimate of drug-likeness (QED) is 0.407. The van der Waals surface area contributed by atoms with Crippen LogP contribution < -0.4 is 14.8 Å². The Morgan fingerprint density at radius 1 is 0.825 bits per heavy atom. The Balaban J connectivity index is 1.14. The molecule has 2 saturated heterocycles. The molecule has 0 aliphatic carbocycles. The van der Waals surface area contributed by atoms with Crippen LogP contribution >= 0.6 is 0 Å². The number of nitrogens with zero attached hydrogens (tertiary/aromatic N) is 2. The van der Waals surface area contributed by atoms with Gasteiger partial charge in [0.15, 0.2) is 5.75 Å². The number of hydrogen-bond acceptors (Lipinski definition) is 6. The molecule has 0 unspecified atom stereocenters. The molecule has 0 aromatic heterocycles. The predicted molar refractivity (Wildman–Crippen MR) is 153 cm³/mol. The zero-order valence-corrected chi connectivity index (χ0v) is 23.1. The molecule has 210 valence electrons. The van der Waals surface area contributed by atoms with E-state index in [9.17, 15) is 18.0 Å². The monoisotopic (exact) mass is 562 g/mol. The molecule has 2 N–H and O–H groups in total. The van der Waals surface area contributed by atoms with Crippen LogP contribution in [0.15, 0.2) is 83.8 Å². The second-order valence-corrected chi connectivity index (χ2v) is 11.8. The molecular weight excluding hydrogens is 528 g/mol. The van der Waals surface area contributed by atoms with Gasteiger partial charge in [-0.1, -0.05) is 30.3 Å². The fraction of sp³-hybridized carbons (Fsp3) is 0.333. The molecule has 3 aromatic rings. The number of sulfonamides is 1. The third-order valence-corrected chi connectivity index (χ3v) is 8.79. The van der Waals surface area contributed by atoms with Crippen molar-refractivity contribution in [3.8, 4) is 11.5 Å². The number of likely N-dealkylation sites (tertiary alicyclic amines) is 2. The van der Waals surface area contributed by atoms with Gasteiger partial charge in [0.1, 0.15) is 5.75 Å². The first-order chi connectivity index (χ1) is 19.4. The first-order valence-corrected chi connectivity index (χ1v) is 15.1. The molecule has 9 nitrogen and oxygen atoms in total. The van der Waals surface area contributed by atoms with Crippen molar-refractivity contribution in [2.45, 2.75) is 36.6 Å². The van der Waals surface area contributed by atoms with Gasteiger partial charge in [-0.2, -0.15) is 0 Å². The van der Waals surface area contributed by atoms with Crippen LogP contribution in [0, 0.1) is 0 Å². The van der Waals surface area contributed by atoms with Crippen LogP contribution in [0.5, 0.6) is 11.5 Å².